The molecule has 0 saturated carbocycles. The summed E-state index contributed by atoms with van der Waals surface area (Å²) in [6, 6.07) is 7.59. The minimum atomic E-state index is -3.97. The third kappa shape index (κ3) is 5.49. The van der Waals surface area contributed by atoms with Gasteiger partial charge in [0, 0.05) is 21.8 Å². The molecule has 2 rings (SSSR count). The van der Waals surface area contributed by atoms with Gasteiger partial charge < -0.3 is 14.8 Å². The van der Waals surface area contributed by atoms with Crippen LogP contribution in [0, 0.1) is 0 Å². The number of methoxy groups -OCH3 is 2. The lowest BCUT2D eigenvalue weighted by Gasteiger charge is -2.16. The van der Waals surface area contributed by atoms with Crippen LogP contribution in [0.2, 0.25) is 10.0 Å². The summed E-state index contributed by atoms with van der Waals surface area (Å²) >= 11 is 11.8. The first-order chi connectivity index (χ1) is 12.7. The predicted octanol–water partition coefficient (Wildman–Crippen LogP) is 3.32. The number of hydrogen-bond acceptors (Lipinski definition) is 5. The maximum atomic E-state index is 12.5. The fraction of sp³-hybridized carbons (Fsp3) is 0.235. The van der Waals surface area contributed by atoms with Gasteiger partial charge in [-0.1, -0.05) is 23.2 Å². The second kappa shape index (κ2) is 8.79. The molecule has 0 aromatic heterocycles. The van der Waals surface area contributed by atoms with Crippen molar-refractivity contribution in [2.75, 3.05) is 19.5 Å². The van der Waals surface area contributed by atoms with Crippen LogP contribution in [0.3, 0.4) is 0 Å². The van der Waals surface area contributed by atoms with Crippen molar-refractivity contribution < 1.29 is 22.7 Å². The lowest BCUT2D eigenvalue weighted by atomic mass is 10.3. The second-order valence-corrected chi connectivity index (χ2v) is 8.09. The van der Waals surface area contributed by atoms with Crippen LogP contribution in [0.1, 0.15) is 6.92 Å². The molecule has 0 aliphatic carbocycles. The molecule has 2 aromatic carbocycles. The summed E-state index contributed by atoms with van der Waals surface area (Å²) in [6.07, 6.45) is 0. The summed E-state index contributed by atoms with van der Waals surface area (Å²) in [5, 5.41) is 3.25. The topological polar surface area (TPSA) is 93.7 Å². The van der Waals surface area contributed by atoms with Crippen molar-refractivity contribution in [3.63, 3.8) is 0 Å². The highest BCUT2D eigenvalue weighted by Crippen LogP contribution is 2.29. The lowest BCUT2D eigenvalue weighted by molar-refractivity contribution is -0.117. The molecule has 0 aliphatic heterocycles. The van der Waals surface area contributed by atoms with Crippen molar-refractivity contribution in [2.24, 2.45) is 0 Å². The lowest BCUT2D eigenvalue weighted by Crippen LogP contribution is -2.41. The van der Waals surface area contributed by atoms with E-state index in [-0.39, 0.29) is 10.6 Å². The van der Waals surface area contributed by atoms with Crippen LogP contribution in [-0.2, 0) is 14.8 Å². The van der Waals surface area contributed by atoms with Crippen molar-refractivity contribution in [3.05, 3.63) is 46.4 Å². The number of benzene rings is 2. The molecule has 0 spiro atoms. The van der Waals surface area contributed by atoms with Gasteiger partial charge in [0.2, 0.25) is 15.9 Å². The Kier molecular flexibility index (Phi) is 6.94. The van der Waals surface area contributed by atoms with Gasteiger partial charge in [-0.15, -0.1) is 0 Å². The Labute approximate surface area is 167 Å². The Morgan fingerprint density at radius 2 is 1.59 bits per heavy atom. The average Bonchev–Trinajstić information content (AvgIpc) is 2.59. The van der Waals surface area contributed by atoms with Crippen molar-refractivity contribution in [2.45, 2.75) is 17.9 Å². The number of nitrogens with one attached hydrogen (secondary N) is 2. The van der Waals surface area contributed by atoms with E-state index in [1.54, 1.807) is 0 Å². The Morgan fingerprint density at radius 1 is 1.00 bits per heavy atom. The van der Waals surface area contributed by atoms with E-state index in [1.165, 1.54) is 57.5 Å². The van der Waals surface area contributed by atoms with Crippen LogP contribution < -0.4 is 19.5 Å². The van der Waals surface area contributed by atoms with Crippen LogP contribution in [0.15, 0.2) is 41.3 Å². The predicted molar refractivity (Wildman–Crippen MR) is 104 cm³/mol. The summed E-state index contributed by atoms with van der Waals surface area (Å²) in [6.45, 7) is 1.42. The molecule has 0 radical (unpaired) electrons. The maximum Gasteiger partial charge on any atom is 0.242 e. The molecule has 7 nitrogen and oxygen atoms in total. The first-order valence-corrected chi connectivity index (χ1v) is 9.91. The Balaban J connectivity index is 2.15. The molecule has 2 N–H and O–H groups in total. The third-order valence-electron chi connectivity index (χ3n) is 3.52. The van der Waals surface area contributed by atoms with Crippen molar-refractivity contribution in [1.29, 1.82) is 0 Å². The number of sulfonamides is 1. The van der Waals surface area contributed by atoms with Gasteiger partial charge in [-0.3, -0.25) is 4.79 Å². The second-order valence-electron chi connectivity index (χ2n) is 5.51. The van der Waals surface area contributed by atoms with Gasteiger partial charge in [-0.2, -0.15) is 4.72 Å². The molecule has 0 heterocycles. The number of anilines is 1. The number of amides is 1. The van der Waals surface area contributed by atoms with E-state index in [4.69, 9.17) is 32.7 Å². The molecule has 2 aromatic rings. The molecule has 27 heavy (non-hydrogen) atoms. The van der Waals surface area contributed by atoms with Crippen LogP contribution >= 0.6 is 23.2 Å². The quantitative estimate of drug-likeness (QED) is 0.699. The van der Waals surface area contributed by atoms with Crippen molar-refractivity contribution in [1.82, 2.24) is 4.72 Å². The normalized spacial score (nSPS) is 12.3. The molecule has 0 saturated heterocycles. The highest BCUT2D eigenvalue weighted by atomic mass is 35.5. The zero-order chi connectivity index (χ0) is 20.2. The van der Waals surface area contributed by atoms with E-state index in [0.717, 1.165) is 0 Å². The van der Waals surface area contributed by atoms with Gasteiger partial charge in [0.25, 0.3) is 0 Å². The first kappa shape index (κ1) is 21.3. The summed E-state index contributed by atoms with van der Waals surface area (Å²) < 4.78 is 37.6. The van der Waals surface area contributed by atoms with Gasteiger partial charge >= 0.3 is 0 Å². The van der Waals surface area contributed by atoms with Gasteiger partial charge in [-0.05, 0) is 37.3 Å². The highest BCUT2D eigenvalue weighted by Gasteiger charge is 2.23. The Bertz CT molecular complexity index is 930. The highest BCUT2D eigenvalue weighted by molar-refractivity contribution is 7.89. The van der Waals surface area contributed by atoms with E-state index >= 15 is 0 Å². The number of carbonyl (C=O) groups is 1. The fourth-order valence-electron chi connectivity index (χ4n) is 2.21. The van der Waals surface area contributed by atoms with Crippen LogP contribution in [-0.4, -0.2) is 34.6 Å². The molecular weight excluding hydrogens is 415 g/mol. The molecule has 0 unspecified atom stereocenters. The first-order valence-electron chi connectivity index (χ1n) is 7.67. The van der Waals surface area contributed by atoms with Crippen LogP contribution in [0.5, 0.6) is 11.5 Å². The van der Waals surface area contributed by atoms with E-state index in [0.29, 0.717) is 21.5 Å². The maximum absolute atomic E-state index is 12.5. The number of ether oxygens (including phenoxy) is 2. The Hall–Kier alpha value is -2.00. The monoisotopic (exact) mass is 432 g/mol. The molecule has 0 aliphatic rings. The van der Waals surface area contributed by atoms with E-state index in [9.17, 15) is 13.2 Å². The molecule has 1 amide bonds. The van der Waals surface area contributed by atoms with Gasteiger partial charge in [-0.25, -0.2) is 8.42 Å². The summed E-state index contributed by atoms with van der Waals surface area (Å²) in [5.41, 5.74) is 0.356. The van der Waals surface area contributed by atoms with Crippen LogP contribution in [0.4, 0.5) is 5.69 Å². The minimum absolute atomic E-state index is 0.0643. The SMILES string of the molecule is COc1ccc(S(=O)(=O)N[C@@H](C)C(=O)Nc2cc(Cl)cc(Cl)c2)cc1OC. The number of rotatable bonds is 7. The molecule has 146 valence electrons. The molecule has 10 heteroatoms. The zero-order valence-electron chi connectivity index (χ0n) is 14.7. The minimum Gasteiger partial charge on any atom is -0.493 e. The standard InChI is InChI=1S/C17H18Cl2N2O5S/c1-10(17(22)20-13-7-11(18)6-12(19)8-13)21-27(23,24)14-4-5-15(25-2)16(9-14)26-3/h4-10,21H,1-3H3,(H,20,22)/t10-/m0/s1. The smallest absolute Gasteiger partial charge is 0.242 e. The summed E-state index contributed by atoms with van der Waals surface area (Å²) in [7, 11) is -1.13. The van der Waals surface area contributed by atoms with Gasteiger partial charge in [0.05, 0.1) is 25.2 Å². The van der Waals surface area contributed by atoms with Gasteiger partial charge in [0.15, 0.2) is 11.5 Å². The number of halogens is 2. The molecule has 0 fully saturated rings. The van der Waals surface area contributed by atoms with E-state index in [2.05, 4.69) is 10.0 Å². The number of hydrogen-bond donors (Lipinski definition) is 2. The largest absolute Gasteiger partial charge is 0.493 e. The fourth-order valence-corrected chi connectivity index (χ4v) is 3.96. The number of carbonyl (C=O) groups excluding carboxylic acids is 1. The van der Waals surface area contributed by atoms with Gasteiger partial charge in [0.1, 0.15) is 0 Å². The van der Waals surface area contributed by atoms with Crippen molar-refractivity contribution in [3.8, 4) is 11.5 Å². The summed E-state index contributed by atoms with van der Waals surface area (Å²) in [5.74, 6) is 0.0727. The molecule has 1 atom stereocenters. The Morgan fingerprint density at radius 3 is 2.15 bits per heavy atom. The average molecular weight is 433 g/mol. The van der Waals surface area contributed by atoms with E-state index in [1.807, 2.05) is 0 Å². The summed E-state index contributed by atoms with van der Waals surface area (Å²) in [4.78, 5) is 12.2. The molecule has 0 bridgehead atoms. The van der Waals surface area contributed by atoms with Crippen LogP contribution in [0.25, 0.3) is 0 Å². The van der Waals surface area contributed by atoms with E-state index < -0.39 is 22.0 Å². The zero-order valence-corrected chi connectivity index (χ0v) is 17.1. The third-order valence-corrected chi connectivity index (χ3v) is 5.50. The van der Waals surface area contributed by atoms with Crippen molar-refractivity contribution >= 4 is 44.8 Å². The molecular formula is C17H18Cl2N2O5S.